The molecule has 1 atom stereocenters. The van der Waals surface area contributed by atoms with Crippen LogP contribution < -0.4 is 4.90 Å². The summed E-state index contributed by atoms with van der Waals surface area (Å²) in [5.74, 6) is 0.611. The number of hydrogen-bond acceptors (Lipinski definition) is 7. The molecule has 148 valence electrons. The highest BCUT2D eigenvalue weighted by molar-refractivity contribution is 7.91. The zero-order valence-corrected chi connectivity index (χ0v) is 16.5. The Labute approximate surface area is 159 Å². The highest BCUT2D eigenvalue weighted by Crippen LogP contribution is 2.21. The quantitative estimate of drug-likeness (QED) is 0.695. The zero-order chi connectivity index (χ0) is 19.6. The first-order chi connectivity index (χ1) is 12.8. The molecule has 1 unspecified atom stereocenters. The summed E-state index contributed by atoms with van der Waals surface area (Å²) in [6.07, 6.45) is 3.56. The second kappa shape index (κ2) is 7.79. The normalized spacial score (nSPS) is 21.9. The number of nitrogens with zero attached hydrogens (tertiary/aromatic N) is 5. The van der Waals surface area contributed by atoms with Gasteiger partial charge in [-0.3, -0.25) is 9.59 Å². The number of piperazine rings is 1. The molecule has 2 aliphatic heterocycles. The van der Waals surface area contributed by atoms with Crippen LogP contribution in [-0.2, 0) is 14.6 Å². The molecule has 0 bridgehead atoms. The molecule has 0 aromatic carbocycles. The van der Waals surface area contributed by atoms with Crippen LogP contribution in [0.3, 0.4) is 0 Å². The second-order valence-corrected chi connectivity index (χ2v) is 9.14. The Morgan fingerprint density at radius 2 is 1.74 bits per heavy atom. The number of aromatic nitrogens is 2. The lowest BCUT2D eigenvalue weighted by Gasteiger charge is -2.34. The predicted molar refractivity (Wildman–Crippen MR) is 100 cm³/mol. The third kappa shape index (κ3) is 4.37. The molecule has 9 nitrogen and oxygen atoms in total. The number of anilines is 1. The van der Waals surface area contributed by atoms with Gasteiger partial charge < -0.3 is 14.7 Å². The van der Waals surface area contributed by atoms with Gasteiger partial charge >= 0.3 is 0 Å². The van der Waals surface area contributed by atoms with E-state index >= 15 is 0 Å². The minimum absolute atomic E-state index is 0.0170. The summed E-state index contributed by atoms with van der Waals surface area (Å²) in [6.45, 7) is 6.09. The molecule has 1 aromatic heterocycles. The van der Waals surface area contributed by atoms with E-state index in [1.54, 1.807) is 9.80 Å². The fourth-order valence-electron chi connectivity index (χ4n) is 3.57. The van der Waals surface area contributed by atoms with Gasteiger partial charge in [-0.25, -0.2) is 18.4 Å². The minimum Gasteiger partial charge on any atom is -0.339 e. The molecule has 0 radical (unpaired) electrons. The first-order valence-electron chi connectivity index (χ1n) is 9.14. The Morgan fingerprint density at radius 3 is 2.22 bits per heavy atom. The number of rotatable bonds is 4. The Morgan fingerprint density at radius 1 is 1.15 bits per heavy atom. The summed E-state index contributed by atoms with van der Waals surface area (Å²) < 4.78 is 23.5. The number of sulfone groups is 1. The van der Waals surface area contributed by atoms with Gasteiger partial charge in [0, 0.05) is 58.1 Å². The first kappa shape index (κ1) is 19.5. The number of carbonyl (C=O) groups excluding carboxylic acids is 2. The van der Waals surface area contributed by atoms with E-state index in [4.69, 9.17) is 0 Å². The SMILES string of the molecule is CCN(c1ncc(C(=O)N2CCN(C(C)=O)CC2)cn1)C1CCS(=O)(=O)C1. The lowest BCUT2D eigenvalue weighted by molar-refractivity contribution is -0.130. The minimum atomic E-state index is -2.99. The largest absolute Gasteiger partial charge is 0.339 e. The van der Waals surface area contributed by atoms with E-state index in [9.17, 15) is 18.0 Å². The van der Waals surface area contributed by atoms with Crippen LogP contribution in [0, 0.1) is 0 Å². The van der Waals surface area contributed by atoms with E-state index in [1.807, 2.05) is 11.8 Å². The molecule has 3 heterocycles. The van der Waals surface area contributed by atoms with Crippen LogP contribution >= 0.6 is 0 Å². The average Bonchev–Trinajstić information content (AvgIpc) is 3.02. The Bertz CT molecular complexity index is 803. The van der Waals surface area contributed by atoms with E-state index in [1.165, 1.54) is 19.3 Å². The summed E-state index contributed by atoms with van der Waals surface area (Å²) in [5, 5.41) is 0. The monoisotopic (exact) mass is 395 g/mol. The average molecular weight is 395 g/mol. The van der Waals surface area contributed by atoms with Crippen LogP contribution in [0.2, 0.25) is 0 Å². The summed E-state index contributed by atoms with van der Waals surface area (Å²) in [5.41, 5.74) is 0.394. The van der Waals surface area contributed by atoms with E-state index in [0.717, 1.165) is 0 Å². The van der Waals surface area contributed by atoms with Gasteiger partial charge in [0.15, 0.2) is 9.84 Å². The van der Waals surface area contributed by atoms with E-state index in [2.05, 4.69) is 9.97 Å². The molecular formula is C17H25N5O4S. The molecule has 0 spiro atoms. The van der Waals surface area contributed by atoms with E-state index < -0.39 is 9.84 Å². The van der Waals surface area contributed by atoms with Gasteiger partial charge in [0.05, 0.1) is 17.1 Å². The van der Waals surface area contributed by atoms with Crippen molar-refractivity contribution >= 4 is 27.6 Å². The Kier molecular flexibility index (Phi) is 5.64. The summed E-state index contributed by atoms with van der Waals surface area (Å²) in [6, 6.07) is -0.124. The summed E-state index contributed by atoms with van der Waals surface area (Å²) in [4.78, 5) is 37.9. The molecule has 10 heteroatoms. The third-order valence-electron chi connectivity index (χ3n) is 5.14. The summed E-state index contributed by atoms with van der Waals surface area (Å²) >= 11 is 0. The van der Waals surface area contributed by atoms with Gasteiger partial charge in [-0.15, -0.1) is 0 Å². The van der Waals surface area contributed by atoms with Crippen LogP contribution in [-0.4, -0.2) is 90.3 Å². The molecular weight excluding hydrogens is 370 g/mol. The molecule has 0 aliphatic carbocycles. The molecule has 2 aliphatic rings. The van der Waals surface area contributed by atoms with Crippen LogP contribution in [0.4, 0.5) is 5.95 Å². The van der Waals surface area contributed by atoms with Crippen molar-refractivity contribution in [2.24, 2.45) is 0 Å². The van der Waals surface area contributed by atoms with Gasteiger partial charge in [-0.05, 0) is 13.3 Å². The number of carbonyl (C=O) groups is 2. The topological polar surface area (TPSA) is 104 Å². The molecule has 27 heavy (non-hydrogen) atoms. The van der Waals surface area contributed by atoms with E-state index in [-0.39, 0.29) is 29.4 Å². The predicted octanol–water partition coefficient (Wildman–Crippen LogP) is -0.206. The Balaban J connectivity index is 1.66. The number of amides is 2. The first-order valence-corrected chi connectivity index (χ1v) is 11.0. The van der Waals surface area contributed by atoms with Crippen molar-refractivity contribution in [3.05, 3.63) is 18.0 Å². The van der Waals surface area contributed by atoms with Gasteiger partial charge in [0.2, 0.25) is 11.9 Å². The van der Waals surface area contributed by atoms with Crippen LogP contribution in [0.5, 0.6) is 0 Å². The maximum Gasteiger partial charge on any atom is 0.257 e. The van der Waals surface area contributed by atoms with Crippen LogP contribution in [0.15, 0.2) is 12.4 Å². The number of hydrogen-bond donors (Lipinski definition) is 0. The molecule has 0 saturated carbocycles. The smallest absolute Gasteiger partial charge is 0.257 e. The zero-order valence-electron chi connectivity index (χ0n) is 15.7. The van der Waals surface area contributed by atoms with Gasteiger partial charge in [-0.1, -0.05) is 0 Å². The highest BCUT2D eigenvalue weighted by atomic mass is 32.2. The molecule has 2 fully saturated rings. The maximum absolute atomic E-state index is 12.6. The summed E-state index contributed by atoms with van der Waals surface area (Å²) in [7, 11) is -2.99. The lowest BCUT2D eigenvalue weighted by atomic mass is 10.2. The third-order valence-corrected chi connectivity index (χ3v) is 6.89. The molecule has 3 rings (SSSR count). The fourth-order valence-corrected chi connectivity index (χ4v) is 5.30. The highest BCUT2D eigenvalue weighted by Gasteiger charge is 2.33. The van der Waals surface area contributed by atoms with Crippen molar-refractivity contribution in [3.8, 4) is 0 Å². The van der Waals surface area contributed by atoms with E-state index in [0.29, 0.717) is 50.7 Å². The molecule has 0 N–H and O–H groups in total. The van der Waals surface area contributed by atoms with Crippen molar-refractivity contribution < 1.29 is 18.0 Å². The van der Waals surface area contributed by atoms with Crippen molar-refractivity contribution in [1.29, 1.82) is 0 Å². The second-order valence-electron chi connectivity index (χ2n) is 6.91. The fraction of sp³-hybridized carbons (Fsp3) is 0.647. The molecule has 1 aromatic rings. The van der Waals surface area contributed by atoms with Crippen molar-refractivity contribution in [2.45, 2.75) is 26.3 Å². The van der Waals surface area contributed by atoms with Crippen molar-refractivity contribution in [2.75, 3.05) is 49.1 Å². The molecule has 2 saturated heterocycles. The van der Waals surface area contributed by atoms with Crippen molar-refractivity contribution in [1.82, 2.24) is 19.8 Å². The van der Waals surface area contributed by atoms with Crippen LogP contribution in [0.1, 0.15) is 30.6 Å². The van der Waals surface area contributed by atoms with Gasteiger partial charge in [-0.2, -0.15) is 0 Å². The maximum atomic E-state index is 12.6. The molecule has 2 amide bonds. The van der Waals surface area contributed by atoms with Gasteiger partial charge in [0.1, 0.15) is 0 Å². The van der Waals surface area contributed by atoms with Crippen LogP contribution in [0.25, 0.3) is 0 Å². The standard InChI is InChI=1S/C17H25N5O4S/c1-3-22(15-4-9-27(25,26)12-15)17-18-10-14(11-19-17)16(24)21-7-5-20(6-8-21)13(2)23/h10-11,15H,3-9,12H2,1-2H3. The Hall–Kier alpha value is -2.23. The van der Waals surface area contributed by atoms with Gasteiger partial charge in [0.25, 0.3) is 5.91 Å². The van der Waals surface area contributed by atoms with Crippen molar-refractivity contribution in [3.63, 3.8) is 0 Å². The lowest BCUT2D eigenvalue weighted by Crippen LogP contribution is -2.50.